The van der Waals surface area contributed by atoms with Crippen LogP contribution in [-0.2, 0) is 11.2 Å². The fourth-order valence-electron chi connectivity index (χ4n) is 2.26. The Morgan fingerprint density at radius 3 is 2.56 bits per heavy atom. The van der Waals surface area contributed by atoms with Gasteiger partial charge in [-0.25, -0.2) is 0 Å². The molecule has 1 aromatic carbocycles. The second-order valence-electron chi connectivity index (χ2n) is 4.77. The fraction of sp³-hybridized carbons (Fsp3) is 0.625. The van der Waals surface area contributed by atoms with Gasteiger partial charge in [-0.15, -0.1) is 0 Å². The minimum Gasteiger partial charge on any atom is -0.385 e. The van der Waals surface area contributed by atoms with Crippen LogP contribution in [0.4, 0.5) is 0 Å². The fourth-order valence-corrected chi connectivity index (χ4v) is 2.26. The third-order valence-electron chi connectivity index (χ3n) is 3.27. The summed E-state index contributed by atoms with van der Waals surface area (Å²) in [6.45, 7) is 4.13. The molecule has 1 N–H and O–H groups in total. The maximum Gasteiger partial charge on any atom is 0.0462 e. The largest absolute Gasteiger partial charge is 0.385 e. The molecule has 0 saturated carbocycles. The molecule has 0 aromatic heterocycles. The van der Waals surface area contributed by atoms with Crippen molar-refractivity contribution < 1.29 is 4.74 Å². The summed E-state index contributed by atoms with van der Waals surface area (Å²) in [4.78, 5) is 0. The summed E-state index contributed by atoms with van der Waals surface area (Å²) in [5, 5.41) is 3.59. The zero-order chi connectivity index (χ0) is 13.1. The van der Waals surface area contributed by atoms with Crippen LogP contribution in [0, 0.1) is 0 Å². The standard InChI is InChI=1S/C16H27NO/c1-3-17-16(11-7-8-14-18-2)13-12-15-9-5-4-6-10-15/h4-6,9-10,16-17H,3,7-8,11-14H2,1-2H3. The number of benzene rings is 1. The minimum atomic E-state index is 0.645. The molecule has 0 spiro atoms. The molecule has 1 unspecified atom stereocenters. The lowest BCUT2D eigenvalue weighted by atomic mass is 10.0. The van der Waals surface area contributed by atoms with E-state index in [0.29, 0.717) is 6.04 Å². The van der Waals surface area contributed by atoms with E-state index < -0.39 is 0 Å². The van der Waals surface area contributed by atoms with Gasteiger partial charge in [0.05, 0.1) is 0 Å². The number of methoxy groups -OCH3 is 1. The van der Waals surface area contributed by atoms with Gasteiger partial charge in [-0.2, -0.15) is 0 Å². The van der Waals surface area contributed by atoms with Crippen LogP contribution < -0.4 is 5.32 Å². The molecule has 0 heterocycles. The van der Waals surface area contributed by atoms with E-state index in [9.17, 15) is 0 Å². The van der Waals surface area contributed by atoms with Gasteiger partial charge in [0.25, 0.3) is 0 Å². The van der Waals surface area contributed by atoms with E-state index >= 15 is 0 Å². The first-order chi connectivity index (χ1) is 8.86. The van der Waals surface area contributed by atoms with E-state index in [1.807, 2.05) is 0 Å². The first kappa shape index (κ1) is 15.2. The van der Waals surface area contributed by atoms with Crippen LogP contribution in [-0.4, -0.2) is 26.3 Å². The SMILES string of the molecule is CCNC(CCCCOC)CCc1ccccc1. The summed E-state index contributed by atoms with van der Waals surface area (Å²) in [6, 6.07) is 11.4. The first-order valence-corrected chi connectivity index (χ1v) is 7.13. The Morgan fingerprint density at radius 2 is 1.89 bits per heavy atom. The molecule has 102 valence electrons. The van der Waals surface area contributed by atoms with E-state index in [2.05, 4.69) is 42.6 Å². The summed E-state index contributed by atoms with van der Waals surface area (Å²) in [7, 11) is 1.77. The van der Waals surface area contributed by atoms with Gasteiger partial charge >= 0.3 is 0 Å². The Bertz CT molecular complexity index is 286. The number of ether oxygens (including phenoxy) is 1. The molecular weight excluding hydrogens is 222 g/mol. The highest BCUT2D eigenvalue weighted by molar-refractivity contribution is 5.14. The Morgan fingerprint density at radius 1 is 1.11 bits per heavy atom. The van der Waals surface area contributed by atoms with Crippen molar-refractivity contribution in [3.05, 3.63) is 35.9 Å². The van der Waals surface area contributed by atoms with Gasteiger partial charge in [0.15, 0.2) is 0 Å². The average Bonchev–Trinajstić information content (AvgIpc) is 2.42. The lowest BCUT2D eigenvalue weighted by molar-refractivity contribution is 0.190. The Labute approximate surface area is 112 Å². The van der Waals surface area contributed by atoms with Crippen molar-refractivity contribution in [2.75, 3.05) is 20.3 Å². The second kappa shape index (κ2) is 10.1. The number of hydrogen-bond donors (Lipinski definition) is 1. The Balaban J connectivity index is 2.24. The van der Waals surface area contributed by atoms with Gasteiger partial charge < -0.3 is 10.1 Å². The zero-order valence-corrected chi connectivity index (χ0v) is 11.8. The normalized spacial score (nSPS) is 12.6. The Hall–Kier alpha value is -0.860. The monoisotopic (exact) mass is 249 g/mol. The zero-order valence-electron chi connectivity index (χ0n) is 11.8. The molecule has 0 fully saturated rings. The van der Waals surface area contributed by atoms with Crippen LogP contribution in [0.15, 0.2) is 30.3 Å². The van der Waals surface area contributed by atoms with Crippen molar-refractivity contribution in [2.24, 2.45) is 0 Å². The van der Waals surface area contributed by atoms with Gasteiger partial charge in [-0.3, -0.25) is 0 Å². The smallest absolute Gasteiger partial charge is 0.0462 e. The van der Waals surface area contributed by atoms with Gasteiger partial charge in [-0.1, -0.05) is 37.3 Å². The number of hydrogen-bond acceptors (Lipinski definition) is 2. The van der Waals surface area contributed by atoms with Crippen molar-refractivity contribution in [3.8, 4) is 0 Å². The van der Waals surface area contributed by atoms with Crippen LogP contribution >= 0.6 is 0 Å². The van der Waals surface area contributed by atoms with Crippen molar-refractivity contribution >= 4 is 0 Å². The molecule has 2 nitrogen and oxygen atoms in total. The van der Waals surface area contributed by atoms with E-state index in [-0.39, 0.29) is 0 Å². The summed E-state index contributed by atoms with van der Waals surface area (Å²) in [5.41, 5.74) is 1.44. The summed E-state index contributed by atoms with van der Waals surface area (Å²) in [5.74, 6) is 0. The van der Waals surface area contributed by atoms with Crippen LogP contribution in [0.5, 0.6) is 0 Å². The third kappa shape index (κ3) is 6.77. The summed E-state index contributed by atoms with van der Waals surface area (Å²) >= 11 is 0. The van der Waals surface area contributed by atoms with Crippen molar-refractivity contribution in [1.29, 1.82) is 0 Å². The Kier molecular flexibility index (Phi) is 8.53. The lowest BCUT2D eigenvalue weighted by Gasteiger charge is -2.17. The van der Waals surface area contributed by atoms with E-state index in [1.165, 1.54) is 37.7 Å². The van der Waals surface area contributed by atoms with Gasteiger partial charge in [-0.05, 0) is 44.2 Å². The molecule has 0 aliphatic carbocycles. The topological polar surface area (TPSA) is 21.3 Å². The highest BCUT2D eigenvalue weighted by Crippen LogP contribution is 2.10. The van der Waals surface area contributed by atoms with Crippen LogP contribution in [0.25, 0.3) is 0 Å². The van der Waals surface area contributed by atoms with Crippen molar-refractivity contribution in [3.63, 3.8) is 0 Å². The molecule has 1 atom stereocenters. The van der Waals surface area contributed by atoms with Crippen molar-refractivity contribution in [1.82, 2.24) is 5.32 Å². The molecule has 0 amide bonds. The predicted octanol–water partition coefficient (Wildman–Crippen LogP) is 3.41. The molecule has 0 saturated heterocycles. The second-order valence-corrected chi connectivity index (χ2v) is 4.77. The highest BCUT2D eigenvalue weighted by atomic mass is 16.5. The summed E-state index contributed by atoms with van der Waals surface area (Å²) < 4.78 is 5.09. The molecule has 0 aliphatic heterocycles. The summed E-state index contributed by atoms with van der Waals surface area (Å²) in [6.07, 6.45) is 6.07. The quantitative estimate of drug-likeness (QED) is 0.642. The predicted molar refractivity (Wildman–Crippen MR) is 78.0 cm³/mol. The number of nitrogens with one attached hydrogen (secondary N) is 1. The third-order valence-corrected chi connectivity index (χ3v) is 3.27. The van der Waals surface area contributed by atoms with E-state index in [0.717, 1.165) is 13.2 Å². The minimum absolute atomic E-state index is 0.645. The number of aryl methyl sites for hydroxylation is 1. The lowest BCUT2D eigenvalue weighted by Crippen LogP contribution is -2.29. The number of unbranched alkanes of at least 4 members (excludes halogenated alkanes) is 1. The number of rotatable bonds is 10. The average molecular weight is 249 g/mol. The van der Waals surface area contributed by atoms with Gasteiger partial charge in [0.1, 0.15) is 0 Å². The first-order valence-electron chi connectivity index (χ1n) is 7.13. The van der Waals surface area contributed by atoms with Crippen LogP contribution in [0.1, 0.15) is 38.2 Å². The molecule has 0 radical (unpaired) electrons. The van der Waals surface area contributed by atoms with Gasteiger partial charge in [0, 0.05) is 19.8 Å². The maximum atomic E-state index is 5.09. The van der Waals surface area contributed by atoms with E-state index in [1.54, 1.807) is 7.11 Å². The molecule has 1 rings (SSSR count). The maximum absolute atomic E-state index is 5.09. The van der Waals surface area contributed by atoms with E-state index in [4.69, 9.17) is 4.74 Å². The molecule has 18 heavy (non-hydrogen) atoms. The molecular formula is C16H27NO. The van der Waals surface area contributed by atoms with Crippen LogP contribution in [0.3, 0.4) is 0 Å². The molecule has 1 aromatic rings. The highest BCUT2D eigenvalue weighted by Gasteiger charge is 2.07. The van der Waals surface area contributed by atoms with Crippen molar-refractivity contribution in [2.45, 2.75) is 45.1 Å². The van der Waals surface area contributed by atoms with Crippen LogP contribution in [0.2, 0.25) is 0 Å². The molecule has 0 aliphatic rings. The molecule has 0 bridgehead atoms. The molecule has 2 heteroatoms. The van der Waals surface area contributed by atoms with Gasteiger partial charge in [0.2, 0.25) is 0 Å².